The zero-order valence-corrected chi connectivity index (χ0v) is 14.6. The Hall–Kier alpha value is -2.09. The Balaban J connectivity index is 2.68. The molecule has 1 rings (SSSR count). The minimum atomic E-state index is -1.13. The Morgan fingerprint density at radius 3 is 2.17 bits per heavy atom. The molecule has 0 saturated heterocycles. The van der Waals surface area contributed by atoms with Gasteiger partial charge in [-0.2, -0.15) is 0 Å². The lowest BCUT2D eigenvalue weighted by molar-refractivity contribution is -0.164. The van der Waals surface area contributed by atoms with Crippen molar-refractivity contribution in [2.24, 2.45) is 11.7 Å². The van der Waals surface area contributed by atoms with E-state index in [1.165, 1.54) is 6.92 Å². The van der Waals surface area contributed by atoms with Gasteiger partial charge in [-0.15, -0.1) is 0 Å². The van der Waals surface area contributed by atoms with E-state index >= 15 is 0 Å². The van der Waals surface area contributed by atoms with Crippen LogP contribution < -0.4 is 15.8 Å². The molecule has 3 N–H and O–H groups in total. The lowest BCUT2D eigenvalue weighted by Crippen LogP contribution is -2.46. The molecule has 3 amide bonds. The van der Waals surface area contributed by atoms with Crippen LogP contribution in [0.2, 0.25) is 0 Å². The van der Waals surface area contributed by atoms with E-state index < -0.39 is 30.1 Å². The monoisotopic (exact) mass is 386 g/mol. The zero-order valence-electron chi connectivity index (χ0n) is 13.0. The van der Waals surface area contributed by atoms with Gasteiger partial charge in [0, 0.05) is 4.47 Å². The highest BCUT2D eigenvalue weighted by Gasteiger charge is 2.30. The second-order valence-corrected chi connectivity index (χ2v) is 6.08. The normalized spacial score (nSPS) is 13.1. The fourth-order valence-corrected chi connectivity index (χ4v) is 1.94. The number of halogens is 1. The van der Waals surface area contributed by atoms with Crippen molar-refractivity contribution in [2.45, 2.75) is 33.0 Å². The van der Waals surface area contributed by atoms with E-state index in [1.54, 1.807) is 38.1 Å². The average molecular weight is 387 g/mol. The topological polar surface area (TPSA) is 108 Å². The maximum Gasteiger partial charge on any atom is 0.347 e. The van der Waals surface area contributed by atoms with Crippen LogP contribution in [0.15, 0.2) is 28.7 Å². The van der Waals surface area contributed by atoms with Crippen LogP contribution in [0.5, 0.6) is 5.75 Å². The van der Waals surface area contributed by atoms with Crippen molar-refractivity contribution < 1.29 is 23.9 Å². The number of primary amides is 1. The van der Waals surface area contributed by atoms with Crippen LogP contribution in [0.3, 0.4) is 0 Å². The summed E-state index contributed by atoms with van der Waals surface area (Å²) in [5.74, 6) is -1.33. The molecule has 0 radical (unpaired) electrons. The number of urea groups is 1. The summed E-state index contributed by atoms with van der Waals surface area (Å²) in [7, 11) is 0. The number of ether oxygens (including phenoxy) is 2. The second-order valence-electron chi connectivity index (χ2n) is 5.17. The van der Waals surface area contributed by atoms with Crippen molar-refractivity contribution in [1.82, 2.24) is 5.32 Å². The van der Waals surface area contributed by atoms with Crippen LogP contribution in [-0.2, 0) is 14.3 Å². The summed E-state index contributed by atoms with van der Waals surface area (Å²) < 4.78 is 11.5. The van der Waals surface area contributed by atoms with Crippen LogP contribution in [0.25, 0.3) is 0 Å². The first-order valence-electron chi connectivity index (χ1n) is 6.93. The molecule has 23 heavy (non-hydrogen) atoms. The number of esters is 1. The van der Waals surface area contributed by atoms with E-state index in [0.29, 0.717) is 5.75 Å². The van der Waals surface area contributed by atoms with Crippen molar-refractivity contribution in [3.8, 4) is 5.75 Å². The largest absolute Gasteiger partial charge is 0.479 e. The molecule has 0 spiro atoms. The number of nitrogens with two attached hydrogens (primary N) is 1. The van der Waals surface area contributed by atoms with Gasteiger partial charge in [-0.3, -0.25) is 10.1 Å². The first kappa shape index (κ1) is 19.0. The van der Waals surface area contributed by atoms with Crippen LogP contribution in [0, 0.1) is 5.92 Å². The minimum Gasteiger partial charge on any atom is -0.479 e. The number of hydrogen-bond donors (Lipinski definition) is 2. The van der Waals surface area contributed by atoms with Gasteiger partial charge in [-0.1, -0.05) is 29.8 Å². The third-order valence-corrected chi connectivity index (χ3v) is 3.34. The molecular formula is C15H19BrN2O5. The fraction of sp³-hybridized carbons (Fsp3) is 0.400. The third kappa shape index (κ3) is 6.27. The number of benzene rings is 1. The van der Waals surface area contributed by atoms with E-state index in [1.807, 2.05) is 5.32 Å². The SMILES string of the molecule is CC(C)[C@@H](OC(=O)[C@@H](C)Oc1ccc(Br)cc1)C(=O)NC(N)=O. The molecule has 1 aromatic rings. The second kappa shape index (κ2) is 8.52. The minimum absolute atomic E-state index is 0.335. The predicted octanol–water partition coefficient (Wildman–Crippen LogP) is 1.98. The highest BCUT2D eigenvalue weighted by atomic mass is 79.9. The molecule has 0 aliphatic rings. The molecule has 0 aliphatic carbocycles. The lowest BCUT2D eigenvalue weighted by Gasteiger charge is -2.22. The highest BCUT2D eigenvalue weighted by molar-refractivity contribution is 9.10. The summed E-state index contributed by atoms with van der Waals surface area (Å²) in [6, 6.07) is 5.91. The Labute approximate surface area is 142 Å². The fourth-order valence-electron chi connectivity index (χ4n) is 1.67. The van der Waals surface area contributed by atoms with Gasteiger partial charge in [-0.05, 0) is 37.1 Å². The van der Waals surface area contributed by atoms with E-state index in [0.717, 1.165) is 4.47 Å². The van der Waals surface area contributed by atoms with E-state index in [2.05, 4.69) is 15.9 Å². The molecule has 0 unspecified atom stereocenters. The summed E-state index contributed by atoms with van der Waals surface area (Å²) in [5.41, 5.74) is 4.90. The molecule has 0 heterocycles. The van der Waals surface area contributed by atoms with Gasteiger partial charge in [0.05, 0.1) is 0 Å². The van der Waals surface area contributed by atoms with Crippen LogP contribution in [-0.4, -0.2) is 30.1 Å². The van der Waals surface area contributed by atoms with Gasteiger partial charge < -0.3 is 15.2 Å². The summed E-state index contributed by atoms with van der Waals surface area (Å²) in [4.78, 5) is 34.6. The van der Waals surface area contributed by atoms with Gasteiger partial charge >= 0.3 is 12.0 Å². The summed E-state index contributed by atoms with van der Waals surface area (Å²) in [6.45, 7) is 4.87. The number of imide groups is 1. The predicted molar refractivity (Wildman–Crippen MR) is 86.7 cm³/mol. The van der Waals surface area contributed by atoms with Crippen molar-refractivity contribution in [2.75, 3.05) is 0 Å². The molecule has 0 aliphatic heterocycles. The Kier molecular flexibility index (Phi) is 7.02. The smallest absolute Gasteiger partial charge is 0.347 e. The molecule has 7 nitrogen and oxygen atoms in total. The lowest BCUT2D eigenvalue weighted by atomic mass is 10.1. The number of carbonyl (C=O) groups is 3. The van der Waals surface area contributed by atoms with Crippen LogP contribution in [0.4, 0.5) is 4.79 Å². The number of nitrogens with one attached hydrogen (secondary N) is 1. The van der Waals surface area contributed by atoms with E-state index in [9.17, 15) is 14.4 Å². The van der Waals surface area contributed by atoms with Crippen LogP contribution >= 0.6 is 15.9 Å². The van der Waals surface area contributed by atoms with Crippen molar-refractivity contribution >= 4 is 33.8 Å². The highest BCUT2D eigenvalue weighted by Crippen LogP contribution is 2.18. The Bertz CT molecular complexity index is 574. The van der Waals surface area contributed by atoms with E-state index in [-0.39, 0.29) is 5.92 Å². The number of carbonyl (C=O) groups excluding carboxylic acids is 3. The molecule has 126 valence electrons. The first-order chi connectivity index (χ1) is 10.7. The van der Waals surface area contributed by atoms with Crippen LogP contribution in [0.1, 0.15) is 20.8 Å². The molecule has 1 aromatic carbocycles. The molecule has 2 atom stereocenters. The van der Waals surface area contributed by atoms with Gasteiger partial charge in [-0.25, -0.2) is 9.59 Å². The summed E-state index contributed by atoms with van der Waals surface area (Å²) >= 11 is 3.30. The standard InChI is InChI=1S/C15H19BrN2O5/c1-8(2)12(13(19)18-15(17)21)23-14(20)9(3)22-11-6-4-10(16)5-7-11/h4-9,12H,1-3H3,(H3,17,18,19,21)/t9-,12-/m1/s1. The number of amides is 3. The summed E-state index contributed by atoms with van der Waals surface area (Å²) in [5, 5.41) is 1.90. The summed E-state index contributed by atoms with van der Waals surface area (Å²) in [6.07, 6.45) is -2.05. The van der Waals surface area contributed by atoms with Crippen molar-refractivity contribution in [1.29, 1.82) is 0 Å². The molecule has 0 aromatic heterocycles. The molecule has 0 fully saturated rings. The maximum absolute atomic E-state index is 12.1. The third-order valence-electron chi connectivity index (χ3n) is 2.81. The van der Waals surface area contributed by atoms with Gasteiger partial charge in [0.15, 0.2) is 12.2 Å². The molecule has 0 bridgehead atoms. The van der Waals surface area contributed by atoms with Crippen molar-refractivity contribution in [3.05, 3.63) is 28.7 Å². The van der Waals surface area contributed by atoms with E-state index in [4.69, 9.17) is 15.2 Å². The average Bonchev–Trinajstić information content (AvgIpc) is 2.45. The molecule has 0 saturated carbocycles. The quantitative estimate of drug-likeness (QED) is 0.726. The van der Waals surface area contributed by atoms with Gasteiger partial charge in [0.1, 0.15) is 5.75 Å². The maximum atomic E-state index is 12.1. The Morgan fingerprint density at radius 2 is 1.70 bits per heavy atom. The number of rotatable bonds is 6. The zero-order chi connectivity index (χ0) is 17.6. The number of hydrogen-bond acceptors (Lipinski definition) is 5. The Morgan fingerprint density at radius 1 is 1.13 bits per heavy atom. The molecular weight excluding hydrogens is 368 g/mol. The van der Waals surface area contributed by atoms with Gasteiger partial charge in [0.2, 0.25) is 0 Å². The van der Waals surface area contributed by atoms with Crippen molar-refractivity contribution in [3.63, 3.8) is 0 Å². The molecule has 8 heteroatoms. The first-order valence-corrected chi connectivity index (χ1v) is 7.73. The van der Waals surface area contributed by atoms with Gasteiger partial charge in [0.25, 0.3) is 5.91 Å².